The number of esters is 1. The second kappa shape index (κ2) is 8.05. The fourth-order valence-electron chi connectivity index (χ4n) is 2.99. The average molecular weight is 453 g/mol. The number of thiophene rings is 1. The number of hydrogen-bond donors (Lipinski definition) is 1. The van der Waals surface area contributed by atoms with Gasteiger partial charge in [0.1, 0.15) is 11.6 Å². The van der Waals surface area contributed by atoms with Gasteiger partial charge in [-0.1, -0.05) is 23.5 Å². The molecule has 0 spiro atoms. The minimum Gasteiger partial charge on any atom is -0.456 e. The number of aromatic nitrogens is 3. The molecule has 5 rings (SSSR count). The minimum atomic E-state index is -0.572. The lowest BCUT2D eigenvalue weighted by atomic mass is 10.2. The van der Waals surface area contributed by atoms with Crippen LogP contribution in [0.4, 0.5) is 5.69 Å². The largest absolute Gasteiger partial charge is 0.456 e. The summed E-state index contributed by atoms with van der Waals surface area (Å²) in [5.74, 6) is -0.384. The molecule has 1 aromatic carbocycles. The van der Waals surface area contributed by atoms with Gasteiger partial charge in [-0.05, 0) is 42.5 Å². The molecule has 0 atom stereocenters. The Morgan fingerprint density at radius 2 is 2.06 bits per heavy atom. The van der Waals surface area contributed by atoms with Crippen LogP contribution in [0.3, 0.4) is 0 Å². The van der Waals surface area contributed by atoms with Gasteiger partial charge < -0.3 is 10.1 Å². The predicted octanol–water partition coefficient (Wildman–Crippen LogP) is 3.70. The summed E-state index contributed by atoms with van der Waals surface area (Å²) in [5, 5.41) is 9.82. The molecule has 10 heteroatoms. The Morgan fingerprint density at radius 3 is 2.84 bits per heavy atom. The quantitative estimate of drug-likeness (QED) is 0.448. The van der Waals surface area contributed by atoms with Crippen LogP contribution in [-0.2, 0) is 11.3 Å². The van der Waals surface area contributed by atoms with Crippen LogP contribution in [0.5, 0.6) is 0 Å². The van der Waals surface area contributed by atoms with Crippen LogP contribution in [0.1, 0.15) is 49.5 Å². The minimum absolute atomic E-state index is 0.132. The highest BCUT2D eigenvalue weighted by molar-refractivity contribution is 7.16. The van der Waals surface area contributed by atoms with Crippen molar-refractivity contribution >= 4 is 45.2 Å². The SMILES string of the molecule is O=C(OCc1cc(=O)n2nc(C3CC3)sc2n1)c1cccc(NC(=O)c2cccs2)c1. The highest BCUT2D eigenvalue weighted by Gasteiger charge is 2.28. The summed E-state index contributed by atoms with van der Waals surface area (Å²) >= 11 is 2.73. The Labute approximate surface area is 184 Å². The molecule has 1 saturated carbocycles. The first-order valence-electron chi connectivity index (χ1n) is 9.58. The van der Waals surface area contributed by atoms with E-state index in [1.807, 2.05) is 5.38 Å². The molecule has 0 unspecified atom stereocenters. The lowest BCUT2D eigenvalue weighted by Gasteiger charge is -2.07. The van der Waals surface area contributed by atoms with E-state index in [9.17, 15) is 14.4 Å². The number of carbonyl (C=O) groups excluding carboxylic acids is 2. The monoisotopic (exact) mass is 452 g/mol. The third-order valence-electron chi connectivity index (χ3n) is 4.69. The van der Waals surface area contributed by atoms with E-state index >= 15 is 0 Å². The number of rotatable bonds is 6. The van der Waals surface area contributed by atoms with Crippen LogP contribution in [0, 0.1) is 0 Å². The second-order valence-corrected chi connectivity index (χ2v) is 9.02. The smallest absolute Gasteiger partial charge is 0.338 e. The fourth-order valence-corrected chi connectivity index (χ4v) is 4.70. The zero-order valence-corrected chi connectivity index (χ0v) is 17.7. The van der Waals surface area contributed by atoms with Crippen molar-refractivity contribution in [3.8, 4) is 0 Å². The normalized spacial score (nSPS) is 13.3. The first-order valence-corrected chi connectivity index (χ1v) is 11.3. The molecule has 0 saturated heterocycles. The Kier molecular flexibility index (Phi) is 5.08. The summed E-state index contributed by atoms with van der Waals surface area (Å²) in [6.07, 6.45) is 2.18. The third-order valence-corrected chi connectivity index (χ3v) is 6.63. The van der Waals surface area contributed by atoms with Crippen molar-refractivity contribution in [2.24, 2.45) is 0 Å². The van der Waals surface area contributed by atoms with Crippen LogP contribution >= 0.6 is 22.7 Å². The molecule has 0 radical (unpaired) electrons. The predicted molar refractivity (Wildman–Crippen MR) is 117 cm³/mol. The molecular weight excluding hydrogens is 436 g/mol. The van der Waals surface area contributed by atoms with Crippen LogP contribution < -0.4 is 10.9 Å². The number of nitrogens with one attached hydrogen (secondary N) is 1. The maximum atomic E-state index is 12.5. The lowest BCUT2D eigenvalue weighted by Crippen LogP contribution is -2.16. The number of fused-ring (bicyclic) bond motifs is 1. The van der Waals surface area contributed by atoms with E-state index in [1.54, 1.807) is 36.4 Å². The van der Waals surface area contributed by atoms with Gasteiger partial charge in [0.15, 0.2) is 0 Å². The van der Waals surface area contributed by atoms with Crippen LogP contribution in [0.2, 0.25) is 0 Å². The van der Waals surface area contributed by atoms with E-state index in [0.717, 1.165) is 17.8 Å². The number of carbonyl (C=O) groups is 2. The van der Waals surface area contributed by atoms with Gasteiger partial charge >= 0.3 is 5.97 Å². The lowest BCUT2D eigenvalue weighted by molar-refractivity contribution is 0.0467. The van der Waals surface area contributed by atoms with Gasteiger partial charge in [-0.2, -0.15) is 9.61 Å². The molecule has 1 N–H and O–H groups in total. The summed E-state index contributed by atoms with van der Waals surface area (Å²) in [6.45, 7) is -0.132. The maximum Gasteiger partial charge on any atom is 0.338 e. The molecule has 156 valence electrons. The number of benzene rings is 1. The van der Waals surface area contributed by atoms with E-state index in [0.29, 0.717) is 27.1 Å². The molecule has 0 bridgehead atoms. The maximum absolute atomic E-state index is 12.5. The zero-order chi connectivity index (χ0) is 21.4. The Hall–Kier alpha value is -3.37. The molecule has 1 aliphatic rings. The average Bonchev–Trinajstić information content (AvgIpc) is 3.28. The van der Waals surface area contributed by atoms with Gasteiger partial charge in [0.05, 0.1) is 16.1 Å². The van der Waals surface area contributed by atoms with Crippen LogP contribution in [0.15, 0.2) is 52.6 Å². The zero-order valence-electron chi connectivity index (χ0n) is 16.1. The first kappa shape index (κ1) is 19.6. The van der Waals surface area contributed by atoms with Crippen molar-refractivity contribution in [1.82, 2.24) is 14.6 Å². The van der Waals surface area contributed by atoms with Gasteiger partial charge in [0.2, 0.25) is 4.96 Å². The number of amides is 1. The molecule has 31 heavy (non-hydrogen) atoms. The number of hydrogen-bond acceptors (Lipinski definition) is 8. The van der Waals surface area contributed by atoms with Crippen molar-refractivity contribution in [2.75, 3.05) is 5.32 Å². The van der Waals surface area contributed by atoms with Gasteiger partial charge in [0, 0.05) is 17.7 Å². The van der Waals surface area contributed by atoms with E-state index < -0.39 is 5.97 Å². The number of anilines is 1. The van der Waals surface area contributed by atoms with Gasteiger partial charge in [-0.3, -0.25) is 9.59 Å². The summed E-state index contributed by atoms with van der Waals surface area (Å²) in [6, 6.07) is 11.3. The topological polar surface area (TPSA) is 103 Å². The van der Waals surface area contributed by atoms with Crippen LogP contribution in [0.25, 0.3) is 4.96 Å². The van der Waals surface area contributed by atoms with Gasteiger partial charge in [-0.15, -0.1) is 11.3 Å². The molecule has 0 aliphatic heterocycles. The summed E-state index contributed by atoms with van der Waals surface area (Å²) < 4.78 is 6.64. The Bertz CT molecular complexity index is 1340. The summed E-state index contributed by atoms with van der Waals surface area (Å²) in [7, 11) is 0. The molecule has 1 amide bonds. The molecular formula is C21H16N4O4S2. The van der Waals surface area contributed by atoms with Crippen molar-refractivity contribution in [3.63, 3.8) is 0 Å². The Balaban J connectivity index is 1.27. The van der Waals surface area contributed by atoms with E-state index in [-0.39, 0.29) is 23.6 Å². The van der Waals surface area contributed by atoms with Crippen molar-refractivity contribution < 1.29 is 14.3 Å². The standard InChI is InChI=1S/C21H16N4O4S2/c26-17-10-15(23-21-25(17)24-19(31-21)12-6-7-12)11-29-20(28)13-3-1-4-14(9-13)22-18(27)16-5-2-8-30-16/h1-5,8-10,12H,6-7,11H2,(H,22,27). The molecule has 4 aromatic rings. The van der Waals surface area contributed by atoms with Gasteiger partial charge in [-0.25, -0.2) is 9.78 Å². The van der Waals surface area contributed by atoms with Gasteiger partial charge in [0.25, 0.3) is 11.5 Å². The van der Waals surface area contributed by atoms with Crippen molar-refractivity contribution in [2.45, 2.75) is 25.4 Å². The third kappa shape index (κ3) is 4.25. The molecule has 1 fully saturated rings. The highest BCUT2D eigenvalue weighted by Crippen LogP contribution is 2.41. The van der Waals surface area contributed by atoms with Crippen molar-refractivity contribution in [3.05, 3.63) is 79.3 Å². The molecule has 3 aromatic heterocycles. The molecule has 1 aliphatic carbocycles. The highest BCUT2D eigenvalue weighted by atomic mass is 32.1. The van der Waals surface area contributed by atoms with E-state index in [4.69, 9.17) is 4.74 Å². The summed E-state index contributed by atoms with van der Waals surface area (Å²) in [5.41, 5.74) is 0.850. The van der Waals surface area contributed by atoms with E-state index in [2.05, 4.69) is 15.4 Å². The first-order chi connectivity index (χ1) is 15.1. The Morgan fingerprint density at radius 1 is 1.19 bits per heavy atom. The van der Waals surface area contributed by atoms with Crippen LogP contribution in [-0.4, -0.2) is 26.5 Å². The fraction of sp³-hybridized carbons (Fsp3) is 0.190. The summed E-state index contributed by atoms with van der Waals surface area (Å²) in [4.78, 5) is 42.5. The molecule has 8 nitrogen and oxygen atoms in total. The van der Waals surface area contributed by atoms with Crippen molar-refractivity contribution in [1.29, 1.82) is 0 Å². The van der Waals surface area contributed by atoms with E-state index in [1.165, 1.54) is 33.3 Å². The molecule has 3 heterocycles. The second-order valence-electron chi connectivity index (χ2n) is 7.08. The number of ether oxygens (including phenoxy) is 1. The number of nitrogens with zero attached hydrogens (tertiary/aromatic N) is 3.